The maximum atomic E-state index is 12.0. The van der Waals surface area contributed by atoms with E-state index >= 15 is 0 Å². The second-order valence-corrected chi connectivity index (χ2v) is 5.83. The Morgan fingerprint density at radius 1 is 1.53 bits per heavy atom. The molecule has 2 aromatic rings. The van der Waals surface area contributed by atoms with Crippen LogP contribution in [0.15, 0.2) is 13.4 Å². The van der Waals surface area contributed by atoms with Gasteiger partial charge < -0.3 is 5.73 Å². The summed E-state index contributed by atoms with van der Waals surface area (Å²) in [7, 11) is 0. The Labute approximate surface area is 107 Å². The molecule has 0 bridgehead atoms. The minimum absolute atomic E-state index is 0.405. The third-order valence-electron chi connectivity index (χ3n) is 2.33. The fourth-order valence-corrected chi connectivity index (χ4v) is 3.12. The van der Waals surface area contributed by atoms with E-state index in [1.807, 2.05) is 0 Å². The summed E-state index contributed by atoms with van der Waals surface area (Å²) in [5.74, 6) is -0.733. The first kappa shape index (κ1) is 12.1. The van der Waals surface area contributed by atoms with Crippen molar-refractivity contribution in [3.05, 3.63) is 30.2 Å². The fraction of sp³-hybridized carbons (Fsp3) is 0.222. The number of aryl methyl sites for hydroxylation is 1. The molecule has 0 saturated heterocycles. The van der Waals surface area contributed by atoms with Crippen molar-refractivity contribution in [1.82, 2.24) is 9.55 Å². The summed E-state index contributed by atoms with van der Waals surface area (Å²) in [6.07, 6.45) is 0. The van der Waals surface area contributed by atoms with E-state index in [1.54, 1.807) is 6.92 Å². The van der Waals surface area contributed by atoms with Crippen LogP contribution in [-0.2, 0) is 11.3 Å². The van der Waals surface area contributed by atoms with Gasteiger partial charge in [0.1, 0.15) is 11.4 Å². The van der Waals surface area contributed by atoms with Gasteiger partial charge in [0.05, 0.1) is 9.17 Å². The first-order valence-electron chi connectivity index (χ1n) is 4.62. The number of nitrogens with zero attached hydrogens (tertiary/aromatic N) is 1. The van der Waals surface area contributed by atoms with Gasteiger partial charge in [-0.25, -0.2) is 4.79 Å². The topological polar surface area (TPSA) is 97.9 Å². The lowest BCUT2D eigenvalue weighted by Crippen LogP contribution is -2.38. The van der Waals surface area contributed by atoms with Crippen LogP contribution in [-0.4, -0.2) is 15.5 Å². The van der Waals surface area contributed by atoms with Gasteiger partial charge in [-0.3, -0.25) is 19.1 Å². The number of hydrogen-bond acceptors (Lipinski definition) is 4. The molecule has 2 rings (SSSR count). The zero-order chi connectivity index (χ0) is 12.7. The smallest absolute Gasteiger partial charge is 0.329 e. The van der Waals surface area contributed by atoms with Gasteiger partial charge in [0.15, 0.2) is 0 Å². The number of aromatic nitrogens is 2. The molecule has 0 aliphatic carbocycles. The van der Waals surface area contributed by atoms with Crippen molar-refractivity contribution >= 4 is 43.4 Å². The van der Waals surface area contributed by atoms with E-state index in [4.69, 9.17) is 5.73 Å². The van der Waals surface area contributed by atoms with Crippen LogP contribution in [0.3, 0.4) is 0 Å². The van der Waals surface area contributed by atoms with Gasteiger partial charge in [-0.15, -0.1) is 11.3 Å². The zero-order valence-corrected chi connectivity index (χ0v) is 11.1. The first-order valence-corrected chi connectivity index (χ1v) is 6.22. The van der Waals surface area contributed by atoms with Crippen LogP contribution in [0.5, 0.6) is 0 Å². The molecule has 2 aromatic heterocycles. The van der Waals surface area contributed by atoms with Gasteiger partial charge in [0, 0.05) is 0 Å². The quantitative estimate of drug-likeness (QED) is 0.833. The second-order valence-electron chi connectivity index (χ2n) is 3.49. The third kappa shape index (κ3) is 1.93. The van der Waals surface area contributed by atoms with Crippen LogP contribution in [0.1, 0.15) is 5.56 Å². The van der Waals surface area contributed by atoms with Crippen molar-refractivity contribution in [2.24, 2.45) is 5.73 Å². The van der Waals surface area contributed by atoms with E-state index in [0.717, 1.165) is 13.9 Å². The molecule has 3 N–H and O–H groups in total. The molecule has 0 saturated carbocycles. The molecule has 2 heterocycles. The molecule has 0 radical (unpaired) electrons. The van der Waals surface area contributed by atoms with Gasteiger partial charge in [-0.1, -0.05) is 0 Å². The second kappa shape index (κ2) is 4.11. The van der Waals surface area contributed by atoms with Gasteiger partial charge in [0.25, 0.3) is 5.56 Å². The molecule has 0 aliphatic heterocycles. The third-order valence-corrected chi connectivity index (χ3v) is 4.40. The number of nitrogens with one attached hydrogen (secondary N) is 1. The minimum atomic E-state index is -0.733. The molecule has 0 spiro atoms. The highest BCUT2D eigenvalue weighted by molar-refractivity contribution is 9.11. The summed E-state index contributed by atoms with van der Waals surface area (Å²) in [5, 5.41) is 0.405. The molecular weight excluding hydrogens is 310 g/mol. The van der Waals surface area contributed by atoms with Gasteiger partial charge in [0.2, 0.25) is 5.91 Å². The van der Waals surface area contributed by atoms with Crippen LogP contribution in [0.2, 0.25) is 0 Å². The number of carbonyl (C=O) groups excluding carboxylic acids is 1. The lowest BCUT2D eigenvalue weighted by molar-refractivity contribution is -0.118. The number of carbonyl (C=O) groups is 1. The number of fused-ring (bicyclic) bond motifs is 1. The van der Waals surface area contributed by atoms with E-state index in [1.165, 1.54) is 11.3 Å². The number of nitrogens with two attached hydrogens (primary N) is 1. The number of aromatic amines is 1. The molecular formula is C9H8BrN3O3S. The monoisotopic (exact) mass is 317 g/mol. The molecule has 0 aliphatic rings. The predicted molar refractivity (Wildman–Crippen MR) is 68.3 cm³/mol. The highest BCUT2D eigenvalue weighted by atomic mass is 79.9. The largest absolute Gasteiger partial charge is 0.368 e. The van der Waals surface area contributed by atoms with Crippen LogP contribution in [0.4, 0.5) is 0 Å². The van der Waals surface area contributed by atoms with Crippen molar-refractivity contribution in [1.29, 1.82) is 0 Å². The van der Waals surface area contributed by atoms with Crippen LogP contribution in [0, 0.1) is 6.92 Å². The molecule has 8 heteroatoms. The minimum Gasteiger partial charge on any atom is -0.368 e. The standard InChI is InChI=1S/C9H8BrN3O3S/c1-3-5-7(17-6(3)10)12-9(16)13(8(5)15)2-4(11)14/h2H2,1H3,(H2,11,14)(H,12,16). The van der Waals surface area contributed by atoms with Crippen molar-refractivity contribution in [2.45, 2.75) is 13.5 Å². The van der Waals surface area contributed by atoms with Crippen LogP contribution < -0.4 is 17.0 Å². The number of H-pyrrole nitrogens is 1. The Kier molecular flexibility index (Phi) is 2.92. The average Bonchev–Trinajstić information content (AvgIpc) is 2.49. The molecule has 0 fully saturated rings. The maximum Gasteiger partial charge on any atom is 0.329 e. The molecule has 1 amide bonds. The lowest BCUT2D eigenvalue weighted by atomic mass is 10.3. The van der Waals surface area contributed by atoms with E-state index in [9.17, 15) is 14.4 Å². The van der Waals surface area contributed by atoms with Crippen molar-refractivity contribution in [3.63, 3.8) is 0 Å². The van der Waals surface area contributed by atoms with E-state index in [-0.39, 0.29) is 0 Å². The Hall–Kier alpha value is -1.41. The molecule has 17 heavy (non-hydrogen) atoms. The Bertz CT molecular complexity index is 727. The summed E-state index contributed by atoms with van der Waals surface area (Å²) >= 11 is 4.57. The van der Waals surface area contributed by atoms with Crippen molar-refractivity contribution in [2.75, 3.05) is 0 Å². The Morgan fingerprint density at radius 2 is 2.18 bits per heavy atom. The van der Waals surface area contributed by atoms with Crippen molar-refractivity contribution in [3.8, 4) is 0 Å². The van der Waals surface area contributed by atoms with Gasteiger partial charge in [-0.2, -0.15) is 0 Å². The normalized spacial score (nSPS) is 10.9. The highest BCUT2D eigenvalue weighted by Gasteiger charge is 2.15. The van der Waals surface area contributed by atoms with E-state index in [2.05, 4.69) is 20.9 Å². The van der Waals surface area contributed by atoms with Crippen molar-refractivity contribution < 1.29 is 4.79 Å². The summed E-state index contributed by atoms with van der Waals surface area (Å²) in [4.78, 5) is 37.5. The average molecular weight is 318 g/mol. The lowest BCUT2D eigenvalue weighted by Gasteiger charge is -2.01. The number of primary amides is 1. The summed E-state index contributed by atoms with van der Waals surface area (Å²) < 4.78 is 1.58. The van der Waals surface area contributed by atoms with E-state index < -0.39 is 23.7 Å². The number of thiophene rings is 1. The molecule has 6 nitrogen and oxygen atoms in total. The summed E-state index contributed by atoms with van der Waals surface area (Å²) in [5.41, 5.74) is 4.60. The SMILES string of the molecule is Cc1c(Br)sc2[nH]c(=O)n(CC(N)=O)c(=O)c12. The Morgan fingerprint density at radius 3 is 2.76 bits per heavy atom. The summed E-state index contributed by atoms with van der Waals surface area (Å²) in [6.45, 7) is 1.34. The van der Waals surface area contributed by atoms with E-state index in [0.29, 0.717) is 10.2 Å². The Balaban J connectivity index is 2.88. The molecule has 90 valence electrons. The number of hydrogen-bond donors (Lipinski definition) is 2. The number of rotatable bonds is 2. The number of halogens is 1. The summed E-state index contributed by atoms with van der Waals surface area (Å²) in [6, 6.07) is 0. The highest BCUT2D eigenvalue weighted by Crippen LogP contribution is 2.30. The molecule has 0 atom stereocenters. The molecule has 0 unspecified atom stereocenters. The molecule has 0 aromatic carbocycles. The zero-order valence-electron chi connectivity index (χ0n) is 8.74. The first-order chi connectivity index (χ1) is 7.91. The van der Waals surface area contributed by atoms with Crippen LogP contribution in [0.25, 0.3) is 10.2 Å². The van der Waals surface area contributed by atoms with Crippen LogP contribution >= 0.6 is 27.3 Å². The maximum absolute atomic E-state index is 12.0. The van der Waals surface area contributed by atoms with Gasteiger partial charge >= 0.3 is 5.69 Å². The van der Waals surface area contributed by atoms with Gasteiger partial charge in [-0.05, 0) is 28.4 Å². The predicted octanol–water partition coefficient (Wildman–Crippen LogP) is 0.308. The fourth-order valence-electron chi connectivity index (χ4n) is 1.52. The number of amides is 1.